The largest absolute Gasteiger partial charge is 0.351 e. The molecule has 2 aromatic rings. The Labute approximate surface area is 147 Å². The standard InChI is InChI=1S/C17H22N2O3S2/c1-13-5-4-6-14(11-13)7-9-16(20)18-12-15-8-10-17(23-15)24(21,22)19(2)3/h4-6,8,10-11H,7,9,12H2,1-3H3,(H,18,20). The van der Waals surface area contributed by atoms with Crippen LogP contribution in [0.2, 0.25) is 0 Å². The van der Waals surface area contributed by atoms with E-state index in [1.165, 1.54) is 35.3 Å². The van der Waals surface area contributed by atoms with Crippen LogP contribution in [0.25, 0.3) is 0 Å². The minimum Gasteiger partial charge on any atom is -0.351 e. The third kappa shape index (κ3) is 4.90. The van der Waals surface area contributed by atoms with Gasteiger partial charge in [0.1, 0.15) is 4.21 Å². The SMILES string of the molecule is Cc1cccc(CCC(=O)NCc2ccc(S(=O)(=O)N(C)C)s2)c1. The smallest absolute Gasteiger partial charge is 0.252 e. The number of benzene rings is 1. The number of thiophene rings is 1. The lowest BCUT2D eigenvalue weighted by atomic mass is 10.1. The quantitative estimate of drug-likeness (QED) is 0.819. The summed E-state index contributed by atoms with van der Waals surface area (Å²) in [5.41, 5.74) is 2.32. The Morgan fingerprint density at radius 3 is 2.62 bits per heavy atom. The molecule has 5 nitrogen and oxygen atoms in total. The fourth-order valence-electron chi connectivity index (χ4n) is 2.17. The van der Waals surface area contributed by atoms with E-state index in [1.54, 1.807) is 12.1 Å². The van der Waals surface area contributed by atoms with E-state index < -0.39 is 10.0 Å². The summed E-state index contributed by atoms with van der Waals surface area (Å²) in [5.74, 6) is -0.0399. The molecule has 0 aliphatic rings. The number of carbonyl (C=O) groups is 1. The topological polar surface area (TPSA) is 66.5 Å². The van der Waals surface area contributed by atoms with E-state index in [1.807, 2.05) is 25.1 Å². The van der Waals surface area contributed by atoms with E-state index in [0.29, 0.717) is 19.4 Å². The van der Waals surface area contributed by atoms with Crippen molar-refractivity contribution in [1.82, 2.24) is 9.62 Å². The predicted molar refractivity (Wildman–Crippen MR) is 96.5 cm³/mol. The molecular formula is C17H22N2O3S2. The molecule has 0 saturated carbocycles. The van der Waals surface area contributed by atoms with Crippen LogP contribution in [0.4, 0.5) is 0 Å². The summed E-state index contributed by atoms with van der Waals surface area (Å²) in [6.07, 6.45) is 1.11. The molecule has 0 atom stereocenters. The summed E-state index contributed by atoms with van der Waals surface area (Å²) in [5, 5.41) is 2.84. The highest BCUT2D eigenvalue weighted by atomic mass is 32.2. The van der Waals surface area contributed by atoms with Crippen LogP contribution in [0, 0.1) is 6.92 Å². The maximum absolute atomic E-state index is 12.0. The zero-order valence-electron chi connectivity index (χ0n) is 14.1. The first-order valence-corrected chi connectivity index (χ1v) is 9.88. The molecule has 0 unspecified atom stereocenters. The lowest BCUT2D eigenvalue weighted by Gasteiger charge is -2.08. The van der Waals surface area contributed by atoms with Crippen LogP contribution in [0.5, 0.6) is 0 Å². The van der Waals surface area contributed by atoms with E-state index in [9.17, 15) is 13.2 Å². The van der Waals surface area contributed by atoms with Crippen molar-refractivity contribution in [3.63, 3.8) is 0 Å². The molecule has 1 amide bonds. The molecule has 0 radical (unpaired) electrons. The van der Waals surface area contributed by atoms with Gasteiger partial charge in [0, 0.05) is 25.4 Å². The highest BCUT2D eigenvalue weighted by Crippen LogP contribution is 2.23. The van der Waals surface area contributed by atoms with Gasteiger partial charge in [-0.1, -0.05) is 29.8 Å². The van der Waals surface area contributed by atoms with Gasteiger partial charge in [0.25, 0.3) is 10.0 Å². The lowest BCUT2D eigenvalue weighted by Crippen LogP contribution is -2.22. The fraction of sp³-hybridized carbons (Fsp3) is 0.353. The molecule has 24 heavy (non-hydrogen) atoms. The molecule has 7 heteroatoms. The number of amides is 1. The minimum absolute atomic E-state index is 0.0399. The Hall–Kier alpha value is -1.70. The van der Waals surface area contributed by atoms with Crippen molar-refractivity contribution in [2.45, 2.75) is 30.5 Å². The number of aryl methyl sites for hydroxylation is 2. The van der Waals surface area contributed by atoms with Crippen LogP contribution in [0.3, 0.4) is 0 Å². The summed E-state index contributed by atoms with van der Waals surface area (Å²) in [6.45, 7) is 2.37. The number of hydrogen-bond donors (Lipinski definition) is 1. The second kappa shape index (κ2) is 7.92. The summed E-state index contributed by atoms with van der Waals surface area (Å²) < 4.78 is 25.5. The van der Waals surface area contributed by atoms with Gasteiger partial charge in [-0.3, -0.25) is 4.79 Å². The van der Waals surface area contributed by atoms with Gasteiger partial charge < -0.3 is 5.32 Å². The Kier molecular flexibility index (Phi) is 6.15. The van der Waals surface area contributed by atoms with Crippen LogP contribution in [-0.4, -0.2) is 32.7 Å². The van der Waals surface area contributed by atoms with E-state index >= 15 is 0 Å². The molecular weight excluding hydrogens is 344 g/mol. The molecule has 1 aromatic carbocycles. The van der Waals surface area contributed by atoms with Gasteiger partial charge in [-0.25, -0.2) is 12.7 Å². The van der Waals surface area contributed by atoms with Gasteiger partial charge in [0.05, 0.1) is 6.54 Å². The molecule has 0 bridgehead atoms. The van der Waals surface area contributed by atoms with Gasteiger partial charge in [-0.2, -0.15) is 0 Å². The van der Waals surface area contributed by atoms with Crippen molar-refractivity contribution < 1.29 is 13.2 Å². The fourth-order valence-corrected chi connectivity index (χ4v) is 4.64. The molecule has 0 fully saturated rings. The van der Waals surface area contributed by atoms with Crippen LogP contribution in [0.15, 0.2) is 40.6 Å². The van der Waals surface area contributed by atoms with E-state index in [4.69, 9.17) is 0 Å². The molecule has 0 aliphatic heterocycles. The number of rotatable bonds is 7. The van der Waals surface area contributed by atoms with Gasteiger partial charge in [0.15, 0.2) is 0 Å². The maximum Gasteiger partial charge on any atom is 0.252 e. The molecule has 1 heterocycles. The number of nitrogens with one attached hydrogen (secondary N) is 1. The average Bonchev–Trinajstić information content (AvgIpc) is 3.00. The number of hydrogen-bond acceptors (Lipinski definition) is 4. The molecule has 0 spiro atoms. The summed E-state index contributed by atoms with van der Waals surface area (Å²) >= 11 is 1.18. The van der Waals surface area contributed by atoms with E-state index in [-0.39, 0.29) is 10.1 Å². The van der Waals surface area contributed by atoms with Gasteiger partial charge in [-0.15, -0.1) is 11.3 Å². The minimum atomic E-state index is -3.41. The zero-order chi connectivity index (χ0) is 17.7. The van der Waals surface area contributed by atoms with Gasteiger partial charge in [-0.05, 0) is 31.0 Å². The highest BCUT2D eigenvalue weighted by molar-refractivity contribution is 7.91. The second-order valence-electron chi connectivity index (χ2n) is 5.77. The number of carbonyl (C=O) groups excluding carboxylic acids is 1. The lowest BCUT2D eigenvalue weighted by molar-refractivity contribution is -0.121. The van der Waals surface area contributed by atoms with Crippen LogP contribution in [-0.2, 0) is 27.8 Å². The molecule has 1 aromatic heterocycles. The maximum atomic E-state index is 12.0. The third-order valence-corrected chi connectivity index (χ3v) is 6.92. The van der Waals surface area contributed by atoms with Crippen molar-refractivity contribution >= 4 is 27.3 Å². The van der Waals surface area contributed by atoms with Crippen LogP contribution >= 0.6 is 11.3 Å². The number of nitrogens with zero attached hydrogens (tertiary/aromatic N) is 1. The second-order valence-corrected chi connectivity index (χ2v) is 9.32. The van der Waals surface area contributed by atoms with Crippen molar-refractivity contribution in [3.8, 4) is 0 Å². The van der Waals surface area contributed by atoms with Crippen LogP contribution < -0.4 is 5.32 Å². The summed E-state index contributed by atoms with van der Waals surface area (Å²) in [6, 6.07) is 11.4. The van der Waals surface area contributed by atoms with E-state index in [0.717, 1.165) is 10.4 Å². The zero-order valence-corrected chi connectivity index (χ0v) is 15.7. The first kappa shape index (κ1) is 18.6. The highest BCUT2D eigenvalue weighted by Gasteiger charge is 2.19. The first-order valence-electron chi connectivity index (χ1n) is 7.62. The number of sulfonamides is 1. The Balaban J connectivity index is 1.85. The van der Waals surface area contributed by atoms with Gasteiger partial charge in [0.2, 0.25) is 5.91 Å². The van der Waals surface area contributed by atoms with Crippen molar-refractivity contribution in [2.24, 2.45) is 0 Å². The molecule has 130 valence electrons. The van der Waals surface area contributed by atoms with Crippen molar-refractivity contribution in [2.75, 3.05) is 14.1 Å². The molecule has 0 saturated heterocycles. The first-order chi connectivity index (χ1) is 11.3. The molecule has 1 N–H and O–H groups in total. The average molecular weight is 367 g/mol. The molecule has 2 rings (SSSR count). The Bertz CT molecular complexity index is 811. The van der Waals surface area contributed by atoms with Gasteiger partial charge >= 0.3 is 0 Å². The molecule has 0 aliphatic carbocycles. The summed E-state index contributed by atoms with van der Waals surface area (Å²) in [7, 11) is -0.402. The summed E-state index contributed by atoms with van der Waals surface area (Å²) in [4.78, 5) is 12.8. The van der Waals surface area contributed by atoms with E-state index in [2.05, 4.69) is 11.4 Å². The Morgan fingerprint density at radius 1 is 1.21 bits per heavy atom. The third-order valence-electron chi connectivity index (χ3n) is 3.55. The van der Waals surface area contributed by atoms with Crippen LogP contribution in [0.1, 0.15) is 22.4 Å². The van der Waals surface area contributed by atoms with Crippen molar-refractivity contribution in [3.05, 3.63) is 52.4 Å². The normalized spacial score (nSPS) is 11.7. The Morgan fingerprint density at radius 2 is 1.96 bits per heavy atom. The monoisotopic (exact) mass is 366 g/mol. The predicted octanol–water partition coefficient (Wildman–Crippen LogP) is 2.56. The van der Waals surface area contributed by atoms with Crippen molar-refractivity contribution in [1.29, 1.82) is 0 Å².